The highest BCUT2D eigenvalue weighted by atomic mass is 16.5. The van der Waals surface area contributed by atoms with Crippen LogP contribution in [0.4, 0.5) is 5.69 Å². The highest BCUT2D eigenvalue weighted by Crippen LogP contribution is 2.28. The molecule has 6 heteroatoms. The Bertz CT molecular complexity index is 781. The van der Waals surface area contributed by atoms with E-state index in [9.17, 15) is 14.7 Å². The average Bonchev–Trinajstić information content (AvgIpc) is 2.61. The normalized spacial score (nSPS) is 12.5. The maximum atomic E-state index is 12.3. The smallest absolute Gasteiger partial charge is 0.314 e. The molecule has 25 heavy (non-hydrogen) atoms. The van der Waals surface area contributed by atoms with Crippen molar-refractivity contribution in [2.45, 2.75) is 18.8 Å². The molecule has 1 atom stereocenters. The number of carbonyl (C=O) groups excluding carboxylic acids is 1. The number of amides is 1. The summed E-state index contributed by atoms with van der Waals surface area (Å²) in [6.07, 6.45) is -0.195. The number of benzene rings is 2. The van der Waals surface area contributed by atoms with Crippen LogP contribution < -0.4 is 10.1 Å². The van der Waals surface area contributed by atoms with Crippen LogP contribution in [0, 0.1) is 11.3 Å². The lowest BCUT2D eigenvalue weighted by Gasteiger charge is -2.24. The lowest BCUT2D eigenvalue weighted by Crippen LogP contribution is -2.36. The summed E-state index contributed by atoms with van der Waals surface area (Å²) in [5.74, 6) is -0.951. The standard InChI is InChI=1S/C19H18N2O4/c1-19(18(23)24,14-5-3-2-4-6-14)13-17(22)21-15-7-9-16(10-8-15)25-12-11-20/h2-10H,12-13H2,1H3,(H,21,22)(H,23,24)/t19-/m1/s1. The van der Waals surface area contributed by atoms with Gasteiger partial charge >= 0.3 is 5.97 Å². The van der Waals surface area contributed by atoms with E-state index < -0.39 is 17.3 Å². The Morgan fingerprint density at radius 2 is 1.80 bits per heavy atom. The summed E-state index contributed by atoms with van der Waals surface area (Å²) in [6, 6.07) is 17.1. The zero-order valence-corrected chi connectivity index (χ0v) is 13.7. The number of nitrogens with zero attached hydrogens (tertiary/aromatic N) is 1. The second-order valence-electron chi connectivity index (χ2n) is 5.70. The predicted molar refractivity (Wildman–Crippen MR) is 92.2 cm³/mol. The number of nitriles is 1. The summed E-state index contributed by atoms with van der Waals surface area (Å²) in [5, 5.41) is 20.7. The van der Waals surface area contributed by atoms with Gasteiger partial charge in [-0.1, -0.05) is 30.3 Å². The Morgan fingerprint density at radius 1 is 1.16 bits per heavy atom. The first-order valence-electron chi connectivity index (χ1n) is 7.64. The number of nitrogens with one attached hydrogen (secondary N) is 1. The fourth-order valence-electron chi connectivity index (χ4n) is 2.38. The number of ether oxygens (including phenoxy) is 1. The van der Waals surface area contributed by atoms with Crippen molar-refractivity contribution in [1.82, 2.24) is 0 Å². The van der Waals surface area contributed by atoms with Crippen molar-refractivity contribution in [1.29, 1.82) is 5.26 Å². The van der Waals surface area contributed by atoms with Gasteiger partial charge in [-0.05, 0) is 36.8 Å². The van der Waals surface area contributed by atoms with Crippen LogP contribution in [0.25, 0.3) is 0 Å². The first-order chi connectivity index (χ1) is 12.0. The minimum atomic E-state index is -1.32. The minimum Gasteiger partial charge on any atom is -0.481 e. The Balaban J connectivity index is 2.07. The molecule has 0 aromatic heterocycles. The van der Waals surface area contributed by atoms with E-state index in [2.05, 4.69) is 5.32 Å². The van der Waals surface area contributed by atoms with Gasteiger partial charge in [-0.25, -0.2) is 0 Å². The number of anilines is 1. The molecule has 0 aliphatic heterocycles. The number of carbonyl (C=O) groups is 2. The minimum absolute atomic E-state index is 0.0558. The van der Waals surface area contributed by atoms with Gasteiger partial charge in [-0.3, -0.25) is 9.59 Å². The molecule has 0 fully saturated rings. The van der Waals surface area contributed by atoms with Gasteiger partial charge in [0, 0.05) is 12.1 Å². The fourth-order valence-corrected chi connectivity index (χ4v) is 2.38. The zero-order valence-electron chi connectivity index (χ0n) is 13.7. The fraction of sp³-hybridized carbons (Fsp3) is 0.211. The Morgan fingerprint density at radius 3 is 2.36 bits per heavy atom. The van der Waals surface area contributed by atoms with Gasteiger partial charge in [0.25, 0.3) is 0 Å². The molecule has 2 aromatic carbocycles. The molecule has 128 valence electrons. The molecule has 6 nitrogen and oxygen atoms in total. The lowest BCUT2D eigenvalue weighted by atomic mass is 9.79. The summed E-state index contributed by atoms with van der Waals surface area (Å²) in [4.78, 5) is 24.0. The molecular weight excluding hydrogens is 320 g/mol. The summed E-state index contributed by atoms with van der Waals surface area (Å²) in [5.41, 5.74) is -0.228. The number of aliphatic carboxylic acids is 1. The van der Waals surface area contributed by atoms with Crippen molar-refractivity contribution in [2.24, 2.45) is 0 Å². The van der Waals surface area contributed by atoms with Gasteiger partial charge in [0.05, 0.1) is 5.41 Å². The topological polar surface area (TPSA) is 99.4 Å². The van der Waals surface area contributed by atoms with Crippen LogP contribution in [0.15, 0.2) is 54.6 Å². The number of hydrogen-bond acceptors (Lipinski definition) is 4. The molecule has 2 rings (SSSR count). The number of hydrogen-bond donors (Lipinski definition) is 2. The Kier molecular flexibility index (Phi) is 5.75. The molecule has 0 spiro atoms. The van der Waals surface area contributed by atoms with Crippen LogP contribution in [-0.2, 0) is 15.0 Å². The van der Waals surface area contributed by atoms with Gasteiger partial charge in [0.2, 0.25) is 5.91 Å². The van der Waals surface area contributed by atoms with Gasteiger partial charge in [-0.15, -0.1) is 0 Å². The quantitative estimate of drug-likeness (QED) is 0.808. The van der Waals surface area contributed by atoms with E-state index in [-0.39, 0.29) is 13.0 Å². The molecule has 0 heterocycles. The summed E-state index contributed by atoms with van der Waals surface area (Å²) in [7, 11) is 0. The number of rotatable bonds is 7. The van der Waals surface area contributed by atoms with Crippen molar-refractivity contribution < 1.29 is 19.4 Å². The third-order valence-corrected chi connectivity index (χ3v) is 3.84. The van der Waals surface area contributed by atoms with Crippen LogP contribution >= 0.6 is 0 Å². The van der Waals surface area contributed by atoms with E-state index in [1.807, 2.05) is 6.07 Å². The number of carboxylic acids is 1. The molecule has 0 radical (unpaired) electrons. The SMILES string of the molecule is C[C@](CC(=O)Nc1ccc(OCC#N)cc1)(C(=O)O)c1ccccc1. The third-order valence-electron chi connectivity index (χ3n) is 3.84. The molecule has 0 aliphatic carbocycles. The van der Waals surface area contributed by atoms with E-state index in [0.717, 1.165) is 0 Å². The van der Waals surface area contributed by atoms with Gasteiger partial charge in [0.15, 0.2) is 6.61 Å². The second-order valence-corrected chi connectivity index (χ2v) is 5.70. The average molecular weight is 338 g/mol. The van der Waals surface area contributed by atoms with Crippen LogP contribution in [-0.4, -0.2) is 23.6 Å². The van der Waals surface area contributed by atoms with Gasteiger partial charge in [-0.2, -0.15) is 5.26 Å². The van der Waals surface area contributed by atoms with Gasteiger partial charge < -0.3 is 15.2 Å². The highest BCUT2D eigenvalue weighted by molar-refractivity contribution is 5.96. The van der Waals surface area contributed by atoms with Crippen LogP contribution in [0.3, 0.4) is 0 Å². The number of carboxylic acid groups (broad SMARTS) is 1. The monoisotopic (exact) mass is 338 g/mol. The van der Waals surface area contributed by atoms with Crippen LogP contribution in [0.1, 0.15) is 18.9 Å². The van der Waals surface area contributed by atoms with Gasteiger partial charge in [0.1, 0.15) is 11.8 Å². The zero-order chi connectivity index (χ0) is 18.3. The summed E-state index contributed by atoms with van der Waals surface area (Å²) < 4.78 is 5.13. The van der Waals surface area contributed by atoms with Crippen LogP contribution in [0.5, 0.6) is 5.75 Å². The molecule has 2 aromatic rings. The van der Waals surface area contributed by atoms with E-state index in [0.29, 0.717) is 17.0 Å². The van der Waals surface area contributed by atoms with Crippen LogP contribution in [0.2, 0.25) is 0 Å². The largest absolute Gasteiger partial charge is 0.481 e. The van der Waals surface area contributed by atoms with Crippen molar-refractivity contribution in [2.75, 3.05) is 11.9 Å². The summed E-state index contributed by atoms with van der Waals surface area (Å²) in [6.45, 7) is 1.48. The Hall–Kier alpha value is -3.33. The second kappa shape index (κ2) is 7.97. The third kappa shape index (κ3) is 4.58. The maximum absolute atomic E-state index is 12.3. The van der Waals surface area contributed by atoms with E-state index in [1.165, 1.54) is 6.92 Å². The van der Waals surface area contributed by atoms with Crippen molar-refractivity contribution in [3.63, 3.8) is 0 Å². The molecular formula is C19H18N2O4. The van der Waals surface area contributed by atoms with Crippen molar-refractivity contribution in [3.05, 3.63) is 60.2 Å². The molecule has 0 bridgehead atoms. The molecule has 0 aliphatic rings. The molecule has 0 saturated carbocycles. The van der Waals surface area contributed by atoms with E-state index in [4.69, 9.17) is 10.00 Å². The van der Waals surface area contributed by atoms with Crippen molar-refractivity contribution >= 4 is 17.6 Å². The highest BCUT2D eigenvalue weighted by Gasteiger charge is 2.37. The summed E-state index contributed by atoms with van der Waals surface area (Å²) >= 11 is 0. The van der Waals surface area contributed by atoms with E-state index in [1.54, 1.807) is 54.6 Å². The lowest BCUT2D eigenvalue weighted by molar-refractivity contribution is -0.145. The predicted octanol–water partition coefficient (Wildman–Crippen LogP) is 2.96. The Labute approximate surface area is 145 Å². The van der Waals surface area contributed by atoms with Crippen molar-refractivity contribution in [3.8, 4) is 11.8 Å². The maximum Gasteiger partial charge on any atom is 0.314 e. The molecule has 2 N–H and O–H groups in total. The van der Waals surface area contributed by atoms with E-state index >= 15 is 0 Å². The molecule has 0 unspecified atom stereocenters. The molecule has 0 saturated heterocycles. The first kappa shape index (κ1) is 18.0. The molecule has 1 amide bonds. The first-order valence-corrected chi connectivity index (χ1v) is 7.64.